The number of halogens is 2. The fraction of sp³-hybridized carbons (Fsp3) is 0.350. The van der Waals surface area contributed by atoms with Gasteiger partial charge in [-0.1, -0.05) is 23.8 Å². The van der Waals surface area contributed by atoms with Crippen molar-refractivity contribution in [2.45, 2.75) is 37.3 Å². The van der Waals surface area contributed by atoms with Gasteiger partial charge in [-0.3, -0.25) is 4.79 Å². The van der Waals surface area contributed by atoms with E-state index >= 15 is 0 Å². The van der Waals surface area contributed by atoms with Gasteiger partial charge in [0.1, 0.15) is 5.75 Å². The van der Waals surface area contributed by atoms with E-state index in [1.165, 1.54) is 28.6 Å². The van der Waals surface area contributed by atoms with Gasteiger partial charge < -0.3 is 10.1 Å². The summed E-state index contributed by atoms with van der Waals surface area (Å²) >= 11 is 0. The van der Waals surface area contributed by atoms with Crippen LogP contribution in [-0.2, 0) is 10.0 Å². The second-order valence-electron chi connectivity index (χ2n) is 6.87. The molecule has 1 amide bonds. The van der Waals surface area contributed by atoms with Crippen LogP contribution in [-0.4, -0.2) is 44.4 Å². The van der Waals surface area contributed by atoms with Crippen LogP contribution >= 0.6 is 0 Å². The normalized spacial score (nSPS) is 16.0. The minimum absolute atomic E-state index is 0.0911. The van der Waals surface area contributed by atoms with E-state index in [0.717, 1.165) is 5.56 Å². The van der Waals surface area contributed by atoms with E-state index in [9.17, 15) is 22.0 Å². The Labute approximate surface area is 168 Å². The number of amides is 1. The third kappa shape index (κ3) is 5.30. The minimum Gasteiger partial charge on any atom is -0.435 e. The molecule has 0 bridgehead atoms. The van der Waals surface area contributed by atoms with Gasteiger partial charge in [0.15, 0.2) is 0 Å². The van der Waals surface area contributed by atoms with Crippen molar-refractivity contribution in [3.63, 3.8) is 0 Å². The predicted octanol–water partition coefficient (Wildman–Crippen LogP) is 3.18. The number of aryl methyl sites for hydroxylation is 1. The van der Waals surface area contributed by atoms with E-state index in [2.05, 4.69) is 10.1 Å². The van der Waals surface area contributed by atoms with Crippen molar-refractivity contribution in [3.8, 4) is 5.75 Å². The summed E-state index contributed by atoms with van der Waals surface area (Å²) in [7, 11) is -3.57. The molecule has 9 heteroatoms. The number of alkyl halides is 2. The van der Waals surface area contributed by atoms with Gasteiger partial charge in [-0.15, -0.1) is 0 Å². The summed E-state index contributed by atoms with van der Waals surface area (Å²) in [6, 6.07) is 12.0. The van der Waals surface area contributed by atoms with Crippen LogP contribution in [0.15, 0.2) is 53.4 Å². The molecule has 0 aliphatic carbocycles. The Balaban J connectivity index is 1.58. The van der Waals surface area contributed by atoms with Gasteiger partial charge in [-0.05, 0) is 50.1 Å². The number of carbonyl (C=O) groups excluding carboxylic acids is 1. The molecule has 3 rings (SSSR count). The summed E-state index contributed by atoms with van der Waals surface area (Å²) in [6.45, 7) is -0.501. The highest BCUT2D eigenvalue weighted by Gasteiger charge is 2.30. The van der Waals surface area contributed by atoms with E-state index in [1.807, 2.05) is 6.92 Å². The number of benzene rings is 2. The first kappa shape index (κ1) is 21.2. The van der Waals surface area contributed by atoms with Crippen LogP contribution in [0.1, 0.15) is 28.8 Å². The number of rotatable bonds is 6. The van der Waals surface area contributed by atoms with Crippen molar-refractivity contribution in [1.29, 1.82) is 0 Å². The zero-order chi connectivity index (χ0) is 21.0. The lowest BCUT2D eigenvalue weighted by Crippen LogP contribution is -2.46. The zero-order valence-electron chi connectivity index (χ0n) is 15.8. The predicted molar refractivity (Wildman–Crippen MR) is 104 cm³/mol. The molecule has 1 heterocycles. The maximum Gasteiger partial charge on any atom is 0.387 e. The van der Waals surface area contributed by atoms with E-state index in [4.69, 9.17) is 0 Å². The molecule has 1 aliphatic rings. The number of carbonyl (C=O) groups is 1. The average Bonchev–Trinajstić information content (AvgIpc) is 2.68. The first-order chi connectivity index (χ1) is 13.8. The summed E-state index contributed by atoms with van der Waals surface area (Å²) in [5, 5.41) is 2.83. The van der Waals surface area contributed by atoms with E-state index < -0.39 is 22.5 Å². The number of nitrogens with zero attached hydrogens (tertiary/aromatic N) is 1. The summed E-state index contributed by atoms with van der Waals surface area (Å²) in [6.07, 6.45) is 0.925. The van der Waals surface area contributed by atoms with Gasteiger partial charge in [-0.2, -0.15) is 13.1 Å². The SMILES string of the molecule is Cc1ccc(S(=O)(=O)N2CCC(NC(=O)c3cccc(OC(F)F)c3)CC2)cc1. The topological polar surface area (TPSA) is 75.7 Å². The van der Waals surface area contributed by atoms with E-state index in [-0.39, 0.29) is 35.3 Å². The molecule has 156 valence electrons. The van der Waals surface area contributed by atoms with Gasteiger partial charge in [0.25, 0.3) is 5.91 Å². The molecule has 29 heavy (non-hydrogen) atoms. The van der Waals surface area contributed by atoms with Crippen LogP contribution in [0, 0.1) is 6.92 Å². The number of nitrogens with one attached hydrogen (secondary N) is 1. The molecule has 6 nitrogen and oxygen atoms in total. The van der Waals surface area contributed by atoms with Crippen molar-refractivity contribution < 1.29 is 26.7 Å². The molecule has 0 atom stereocenters. The highest BCUT2D eigenvalue weighted by atomic mass is 32.2. The van der Waals surface area contributed by atoms with Crippen molar-refractivity contribution in [1.82, 2.24) is 9.62 Å². The Morgan fingerprint density at radius 1 is 1.14 bits per heavy atom. The Hall–Kier alpha value is -2.52. The fourth-order valence-corrected chi connectivity index (χ4v) is 4.65. The quantitative estimate of drug-likeness (QED) is 0.773. The van der Waals surface area contributed by atoms with Crippen molar-refractivity contribution in [2.75, 3.05) is 13.1 Å². The summed E-state index contributed by atoms with van der Waals surface area (Å²) < 4.78 is 55.8. The lowest BCUT2D eigenvalue weighted by Gasteiger charge is -2.31. The largest absolute Gasteiger partial charge is 0.435 e. The molecular weight excluding hydrogens is 402 g/mol. The summed E-state index contributed by atoms with van der Waals surface area (Å²) in [5.41, 5.74) is 1.19. The number of hydrogen-bond donors (Lipinski definition) is 1. The highest BCUT2D eigenvalue weighted by molar-refractivity contribution is 7.89. The van der Waals surface area contributed by atoms with Crippen molar-refractivity contribution in [2.24, 2.45) is 0 Å². The molecule has 0 aromatic heterocycles. The third-order valence-corrected chi connectivity index (χ3v) is 6.68. The second kappa shape index (κ2) is 8.87. The minimum atomic E-state index is -3.57. The Bertz CT molecular complexity index is 957. The lowest BCUT2D eigenvalue weighted by molar-refractivity contribution is -0.0498. The highest BCUT2D eigenvalue weighted by Crippen LogP contribution is 2.22. The monoisotopic (exact) mass is 424 g/mol. The molecule has 1 aliphatic heterocycles. The maximum atomic E-state index is 12.7. The molecule has 1 N–H and O–H groups in total. The number of hydrogen-bond acceptors (Lipinski definition) is 4. The maximum absolute atomic E-state index is 12.7. The summed E-state index contributed by atoms with van der Waals surface area (Å²) in [5.74, 6) is -0.504. The standard InChI is InChI=1S/C20H22F2N2O4S/c1-14-5-7-18(8-6-14)29(26,27)24-11-9-16(10-12-24)23-19(25)15-3-2-4-17(13-15)28-20(21)22/h2-8,13,16,20H,9-12H2,1H3,(H,23,25). The lowest BCUT2D eigenvalue weighted by atomic mass is 10.1. The van der Waals surface area contributed by atoms with Crippen LogP contribution in [0.25, 0.3) is 0 Å². The van der Waals surface area contributed by atoms with Crippen LogP contribution in [0.2, 0.25) is 0 Å². The summed E-state index contributed by atoms with van der Waals surface area (Å²) in [4.78, 5) is 12.6. The molecule has 0 unspecified atom stereocenters. The Morgan fingerprint density at radius 3 is 2.41 bits per heavy atom. The van der Waals surface area contributed by atoms with Crippen LogP contribution in [0.3, 0.4) is 0 Å². The molecule has 1 fully saturated rings. The molecule has 2 aromatic carbocycles. The van der Waals surface area contributed by atoms with Crippen LogP contribution in [0.4, 0.5) is 8.78 Å². The number of ether oxygens (including phenoxy) is 1. The first-order valence-corrected chi connectivity index (χ1v) is 10.6. The van der Waals surface area contributed by atoms with Crippen LogP contribution < -0.4 is 10.1 Å². The van der Waals surface area contributed by atoms with Gasteiger partial charge in [-0.25, -0.2) is 8.42 Å². The zero-order valence-corrected chi connectivity index (χ0v) is 16.7. The van der Waals surface area contributed by atoms with E-state index in [1.54, 1.807) is 24.3 Å². The van der Waals surface area contributed by atoms with Gasteiger partial charge in [0.2, 0.25) is 10.0 Å². The van der Waals surface area contributed by atoms with Gasteiger partial charge in [0, 0.05) is 24.7 Å². The molecular formula is C20H22F2N2O4S. The Kier molecular flexibility index (Phi) is 6.49. The average molecular weight is 424 g/mol. The smallest absolute Gasteiger partial charge is 0.387 e. The molecule has 1 saturated heterocycles. The van der Waals surface area contributed by atoms with Crippen molar-refractivity contribution >= 4 is 15.9 Å². The second-order valence-corrected chi connectivity index (χ2v) is 8.81. The third-order valence-electron chi connectivity index (χ3n) is 4.77. The number of piperidine rings is 1. The van der Waals surface area contributed by atoms with E-state index in [0.29, 0.717) is 12.8 Å². The number of sulfonamides is 1. The van der Waals surface area contributed by atoms with Crippen LogP contribution in [0.5, 0.6) is 5.75 Å². The fourth-order valence-electron chi connectivity index (χ4n) is 3.18. The molecule has 0 radical (unpaired) electrons. The molecule has 0 saturated carbocycles. The van der Waals surface area contributed by atoms with Crippen molar-refractivity contribution in [3.05, 3.63) is 59.7 Å². The Morgan fingerprint density at radius 2 is 1.79 bits per heavy atom. The molecule has 0 spiro atoms. The van der Waals surface area contributed by atoms with Gasteiger partial charge in [0.05, 0.1) is 4.90 Å². The van der Waals surface area contributed by atoms with Gasteiger partial charge >= 0.3 is 6.61 Å². The first-order valence-electron chi connectivity index (χ1n) is 9.18. The molecule has 2 aromatic rings.